The Bertz CT molecular complexity index is 284. The van der Waals surface area contributed by atoms with Crippen LogP contribution in [0.3, 0.4) is 0 Å². The molecule has 1 saturated heterocycles. The number of likely N-dealkylation sites (N-methyl/N-ethyl adjacent to an activating group) is 1. The fourth-order valence-corrected chi connectivity index (χ4v) is 2.23. The average Bonchev–Trinajstić information content (AvgIpc) is 2.18. The number of azide groups is 1. The Balaban J connectivity index is 2.05. The molecule has 1 heterocycles. The van der Waals surface area contributed by atoms with Crippen molar-refractivity contribution in [1.82, 2.24) is 9.80 Å². The van der Waals surface area contributed by atoms with Crippen LogP contribution in [0.5, 0.6) is 0 Å². The molecule has 0 aromatic carbocycles. The highest BCUT2D eigenvalue weighted by Crippen LogP contribution is 2.23. The molecule has 1 rings (SSSR count). The average molecular weight is 253 g/mol. The third kappa shape index (κ3) is 4.84. The van der Waals surface area contributed by atoms with Crippen LogP contribution in [0.1, 0.15) is 40.0 Å². The topological polar surface area (TPSA) is 55.2 Å². The van der Waals surface area contributed by atoms with E-state index in [1.165, 1.54) is 19.5 Å². The van der Waals surface area contributed by atoms with Crippen LogP contribution in [0.2, 0.25) is 0 Å². The Morgan fingerprint density at radius 3 is 2.50 bits per heavy atom. The summed E-state index contributed by atoms with van der Waals surface area (Å²) in [5.74, 6) is 0. The summed E-state index contributed by atoms with van der Waals surface area (Å²) in [7, 11) is 2.22. The Morgan fingerprint density at radius 1 is 1.28 bits per heavy atom. The van der Waals surface area contributed by atoms with Gasteiger partial charge in [-0.2, -0.15) is 0 Å². The molecule has 0 aliphatic carbocycles. The van der Waals surface area contributed by atoms with Crippen LogP contribution in [-0.4, -0.2) is 54.6 Å². The molecule has 5 nitrogen and oxygen atoms in total. The zero-order valence-corrected chi connectivity index (χ0v) is 12.3. The molecule has 0 aromatic rings. The van der Waals surface area contributed by atoms with Crippen molar-refractivity contribution in [3.8, 4) is 0 Å². The predicted molar refractivity (Wildman–Crippen MR) is 75.6 cm³/mol. The first-order chi connectivity index (χ1) is 8.45. The fraction of sp³-hybridized carbons (Fsp3) is 1.00. The number of unbranched alkanes of at least 4 members (excludes halogenated alkanes) is 2. The number of hydrogen-bond donors (Lipinski definition) is 0. The Kier molecular flexibility index (Phi) is 5.93. The highest BCUT2D eigenvalue weighted by atomic mass is 15.3. The van der Waals surface area contributed by atoms with Gasteiger partial charge in [0.15, 0.2) is 0 Å². The molecule has 1 fully saturated rings. The first-order valence-electron chi connectivity index (χ1n) is 6.91. The van der Waals surface area contributed by atoms with Gasteiger partial charge in [0.05, 0.1) is 0 Å². The van der Waals surface area contributed by atoms with Crippen LogP contribution in [-0.2, 0) is 0 Å². The van der Waals surface area contributed by atoms with Gasteiger partial charge in [0.25, 0.3) is 0 Å². The van der Waals surface area contributed by atoms with Crippen LogP contribution in [0.15, 0.2) is 5.11 Å². The van der Waals surface area contributed by atoms with Crippen LogP contribution < -0.4 is 0 Å². The van der Waals surface area contributed by atoms with Crippen molar-refractivity contribution in [2.75, 3.05) is 33.2 Å². The second-order valence-electron chi connectivity index (χ2n) is 6.23. The van der Waals surface area contributed by atoms with Crippen LogP contribution in [0, 0.1) is 0 Å². The van der Waals surface area contributed by atoms with Gasteiger partial charge in [-0.25, -0.2) is 0 Å². The maximum Gasteiger partial charge on any atom is 0.0347 e. The normalized spacial score (nSPS) is 17.6. The summed E-state index contributed by atoms with van der Waals surface area (Å²) in [5, 5.41) is 3.55. The number of nitrogens with zero attached hydrogens (tertiary/aromatic N) is 5. The molecule has 0 N–H and O–H groups in total. The molecule has 104 valence electrons. The van der Waals surface area contributed by atoms with Crippen molar-refractivity contribution < 1.29 is 0 Å². The van der Waals surface area contributed by atoms with Crippen molar-refractivity contribution in [1.29, 1.82) is 0 Å². The molecule has 0 saturated carbocycles. The molecule has 0 atom stereocenters. The molecule has 0 radical (unpaired) electrons. The van der Waals surface area contributed by atoms with Gasteiger partial charge in [0, 0.05) is 36.1 Å². The van der Waals surface area contributed by atoms with Gasteiger partial charge in [-0.15, -0.1) is 0 Å². The standard InChI is InChI=1S/C13H27N5/c1-13(2,3)18-10-12(11-18)17(4)9-7-5-6-8-15-16-14/h12H,5-11H2,1-4H3. The zero-order chi connectivity index (χ0) is 13.6. The van der Waals surface area contributed by atoms with Crippen LogP contribution in [0.25, 0.3) is 10.4 Å². The Morgan fingerprint density at radius 2 is 1.94 bits per heavy atom. The van der Waals surface area contributed by atoms with E-state index in [1.807, 2.05) is 0 Å². The fourth-order valence-electron chi connectivity index (χ4n) is 2.23. The molecule has 0 spiro atoms. The van der Waals surface area contributed by atoms with Crippen molar-refractivity contribution >= 4 is 0 Å². The summed E-state index contributed by atoms with van der Waals surface area (Å²) < 4.78 is 0. The first kappa shape index (κ1) is 15.3. The van der Waals surface area contributed by atoms with Crippen molar-refractivity contribution in [2.45, 2.75) is 51.6 Å². The minimum atomic E-state index is 0.312. The summed E-state index contributed by atoms with van der Waals surface area (Å²) in [5.41, 5.74) is 8.47. The molecule has 0 amide bonds. The molecular weight excluding hydrogens is 226 g/mol. The van der Waals surface area contributed by atoms with E-state index in [9.17, 15) is 0 Å². The third-order valence-electron chi connectivity index (χ3n) is 3.77. The summed E-state index contributed by atoms with van der Waals surface area (Å²) in [4.78, 5) is 7.75. The Hall–Kier alpha value is -0.770. The van der Waals surface area contributed by atoms with E-state index >= 15 is 0 Å². The molecule has 0 aromatic heterocycles. The molecule has 1 aliphatic rings. The van der Waals surface area contributed by atoms with E-state index in [2.05, 4.69) is 47.6 Å². The summed E-state index contributed by atoms with van der Waals surface area (Å²) in [6.45, 7) is 11.0. The molecule has 1 aliphatic heterocycles. The van der Waals surface area contributed by atoms with E-state index in [0.29, 0.717) is 12.1 Å². The summed E-state index contributed by atoms with van der Waals surface area (Å²) in [6, 6.07) is 0.723. The monoisotopic (exact) mass is 253 g/mol. The van der Waals surface area contributed by atoms with Crippen molar-refractivity contribution in [3.05, 3.63) is 10.4 Å². The van der Waals surface area contributed by atoms with E-state index in [1.54, 1.807) is 0 Å². The maximum absolute atomic E-state index is 8.16. The molecule has 18 heavy (non-hydrogen) atoms. The molecular formula is C13H27N5. The Labute approximate surface area is 111 Å². The zero-order valence-electron chi connectivity index (χ0n) is 12.3. The number of rotatable bonds is 7. The van der Waals surface area contributed by atoms with Crippen molar-refractivity contribution in [2.24, 2.45) is 5.11 Å². The lowest BCUT2D eigenvalue weighted by molar-refractivity contribution is -0.0130. The van der Waals surface area contributed by atoms with Gasteiger partial charge in [-0.05, 0) is 52.7 Å². The lowest BCUT2D eigenvalue weighted by Gasteiger charge is -2.50. The quantitative estimate of drug-likeness (QED) is 0.303. The summed E-state index contributed by atoms with van der Waals surface area (Å²) in [6.07, 6.45) is 3.36. The van der Waals surface area contributed by atoms with Crippen LogP contribution in [0.4, 0.5) is 0 Å². The molecule has 0 bridgehead atoms. The largest absolute Gasteiger partial charge is 0.301 e. The predicted octanol–water partition coefficient (Wildman–Crippen LogP) is 2.88. The minimum absolute atomic E-state index is 0.312. The highest BCUT2D eigenvalue weighted by Gasteiger charge is 2.35. The van der Waals surface area contributed by atoms with E-state index in [4.69, 9.17) is 5.53 Å². The van der Waals surface area contributed by atoms with Gasteiger partial charge in [0.1, 0.15) is 0 Å². The number of likely N-dealkylation sites (tertiary alicyclic amines) is 1. The van der Waals surface area contributed by atoms with Gasteiger partial charge < -0.3 is 4.90 Å². The lowest BCUT2D eigenvalue weighted by atomic mass is 9.97. The number of hydrogen-bond acceptors (Lipinski definition) is 3. The van der Waals surface area contributed by atoms with Gasteiger partial charge in [0.2, 0.25) is 0 Å². The highest BCUT2D eigenvalue weighted by molar-refractivity contribution is 4.93. The third-order valence-corrected chi connectivity index (χ3v) is 3.77. The summed E-state index contributed by atoms with van der Waals surface area (Å²) >= 11 is 0. The van der Waals surface area contributed by atoms with E-state index < -0.39 is 0 Å². The van der Waals surface area contributed by atoms with E-state index in [-0.39, 0.29) is 0 Å². The minimum Gasteiger partial charge on any atom is -0.301 e. The van der Waals surface area contributed by atoms with Gasteiger partial charge >= 0.3 is 0 Å². The molecule has 0 unspecified atom stereocenters. The molecule has 5 heteroatoms. The maximum atomic E-state index is 8.16. The second-order valence-corrected chi connectivity index (χ2v) is 6.23. The van der Waals surface area contributed by atoms with Crippen molar-refractivity contribution in [3.63, 3.8) is 0 Å². The second kappa shape index (κ2) is 6.98. The van der Waals surface area contributed by atoms with E-state index in [0.717, 1.165) is 25.4 Å². The van der Waals surface area contributed by atoms with Gasteiger partial charge in [-0.1, -0.05) is 11.5 Å². The lowest BCUT2D eigenvalue weighted by Crippen LogP contribution is -2.63. The smallest absolute Gasteiger partial charge is 0.0347 e. The first-order valence-corrected chi connectivity index (χ1v) is 6.91. The van der Waals surface area contributed by atoms with Crippen LogP contribution >= 0.6 is 0 Å². The van der Waals surface area contributed by atoms with Gasteiger partial charge in [-0.3, -0.25) is 4.90 Å². The SMILES string of the molecule is CN(CCCCCN=[N+]=[N-])C1CN(C(C)(C)C)C1.